The van der Waals surface area contributed by atoms with Gasteiger partial charge in [0.2, 0.25) is 0 Å². The van der Waals surface area contributed by atoms with Crippen LogP contribution < -0.4 is 0 Å². The molecule has 0 N–H and O–H groups in total. The van der Waals surface area contributed by atoms with Crippen LogP contribution in [0.5, 0.6) is 0 Å². The molecule has 0 bridgehead atoms. The fourth-order valence-corrected chi connectivity index (χ4v) is 1.46. The van der Waals surface area contributed by atoms with Gasteiger partial charge in [0, 0.05) is 0 Å². The van der Waals surface area contributed by atoms with Gasteiger partial charge in [0.1, 0.15) is 0 Å². The van der Waals surface area contributed by atoms with Crippen molar-refractivity contribution in [2.75, 3.05) is 6.61 Å². The SMILES string of the molecule is C=CCC1=CC(CCCC)OC1. The Labute approximate surface area is 75.1 Å². The van der Waals surface area contributed by atoms with Crippen molar-refractivity contribution in [3.63, 3.8) is 0 Å². The van der Waals surface area contributed by atoms with E-state index in [9.17, 15) is 0 Å². The van der Waals surface area contributed by atoms with Crippen molar-refractivity contribution in [2.24, 2.45) is 0 Å². The second kappa shape index (κ2) is 5.15. The molecule has 0 spiro atoms. The van der Waals surface area contributed by atoms with Gasteiger partial charge in [0.05, 0.1) is 12.7 Å². The summed E-state index contributed by atoms with van der Waals surface area (Å²) in [4.78, 5) is 0. The largest absolute Gasteiger partial charge is 0.370 e. The van der Waals surface area contributed by atoms with Gasteiger partial charge >= 0.3 is 0 Å². The molecular weight excluding hydrogens is 148 g/mol. The van der Waals surface area contributed by atoms with Crippen LogP contribution >= 0.6 is 0 Å². The molecule has 0 saturated carbocycles. The van der Waals surface area contributed by atoms with Crippen LogP contribution in [0.3, 0.4) is 0 Å². The van der Waals surface area contributed by atoms with Gasteiger partial charge in [0.25, 0.3) is 0 Å². The third-order valence-electron chi connectivity index (χ3n) is 2.15. The second-order valence-corrected chi connectivity index (χ2v) is 3.31. The average molecular weight is 166 g/mol. The molecule has 1 aliphatic heterocycles. The van der Waals surface area contributed by atoms with Gasteiger partial charge in [-0.15, -0.1) is 6.58 Å². The molecule has 1 aliphatic rings. The summed E-state index contributed by atoms with van der Waals surface area (Å²) >= 11 is 0. The minimum atomic E-state index is 0.389. The Bertz CT molecular complexity index is 170. The molecule has 0 aliphatic carbocycles. The number of rotatable bonds is 5. The molecular formula is C11H18O. The zero-order valence-electron chi connectivity index (χ0n) is 7.88. The fraction of sp³-hybridized carbons (Fsp3) is 0.636. The second-order valence-electron chi connectivity index (χ2n) is 3.31. The highest BCUT2D eigenvalue weighted by atomic mass is 16.5. The lowest BCUT2D eigenvalue weighted by atomic mass is 10.1. The van der Waals surface area contributed by atoms with E-state index in [2.05, 4.69) is 19.6 Å². The Kier molecular flexibility index (Phi) is 4.09. The number of hydrogen-bond acceptors (Lipinski definition) is 1. The van der Waals surface area contributed by atoms with E-state index in [-0.39, 0.29) is 0 Å². The van der Waals surface area contributed by atoms with Crippen LogP contribution in [0.15, 0.2) is 24.3 Å². The summed E-state index contributed by atoms with van der Waals surface area (Å²) in [5.74, 6) is 0. The van der Waals surface area contributed by atoms with Gasteiger partial charge in [-0.25, -0.2) is 0 Å². The first kappa shape index (κ1) is 9.53. The molecule has 0 amide bonds. The molecule has 1 nitrogen and oxygen atoms in total. The van der Waals surface area contributed by atoms with E-state index in [0.29, 0.717) is 6.10 Å². The Hall–Kier alpha value is -0.560. The predicted octanol–water partition coefficient (Wildman–Crippen LogP) is 3.08. The van der Waals surface area contributed by atoms with Crippen LogP contribution in [0.25, 0.3) is 0 Å². The van der Waals surface area contributed by atoms with Crippen LogP contribution in [0.1, 0.15) is 32.6 Å². The monoisotopic (exact) mass is 166 g/mol. The fourth-order valence-electron chi connectivity index (χ4n) is 1.46. The predicted molar refractivity (Wildman–Crippen MR) is 52.2 cm³/mol. The zero-order valence-corrected chi connectivity index (χ0v) is 7.88. The van der Waals surface area contributed by atoms with Crippen LogP contribution in [-0.2, 0) is 4.74 Å². The van der Waals surface area contributed by atoms with Gasteiger partial charge in [0.15, 0.2) is 0 Å². The lowest BCUT2D eigenvalue weighted by Crippen LogP contribution is -2.03. The number of allylic oxidation sites excluding steroid dienone is 1. The minimum absolute atomic E-state index is 0.389. The molecule has 0 saturated heterocycles. The Balaban J connectivity index is 2.26. The first-order chi connectivity index (χ1) is 5.86. The summed E-state index contributed by atoms with van der Waals surface area (Å²) in [6.45, 7) is 6.75. The molecule has 68 valence electrons. The Morgan fingerprint density at radius 1 is 1.75 bits per heavy atom. The Morgan fingerprint density at radius 3 is 3.25 bits per heavy atom. The zero-order chi connectivity index (χ0) is 8.81. The maximum absolute atomic E-state index is 5.58. The highest BCUT2D eigenvalue weighted by Crippen LogP contribution is 2.18. The molecule has 12 heavy (non-hydrogen) atoms. The van der Waals surface area contributed by atoms with Gasteiger partial charge in [-0.05, 0) is 18.4 Å². The molecule has 0 aromatic rings. The summed E-state index contributed by atoms with van der Waals surface area (Å²) in [7, 11) is 0. The van der Waals surface area contributed by atoms with Crippen LogP contribution in [0, 0.1) is 0 Å². The maximum atomic E-state index is 5.58. The Morgan fingerprint density at radius 2 is 2.58 bits per heavy atom. The number of unbranched alkanes of at least 4 members (excludes halogenated alkanes) is 1. The van der Waals surface area contributed by atoms with Crippen molar-refractivity contribution < 1.29 is 4.74 Å². The summed E-state index contributed by atoms with van der Waals surface area (Å²) < 4.78 is 5.58. The van der Waals surface area contributed by atoms with E-state index >= 15 is 0 Å². The summed E-state index contributed by atoms with van der Waals surface area (Å²) in [6.07, 6.45) is 9.28. The molecule has 1 rings (SSSR count). The van der Waals surface area contributed by atoms with Crippen molar-refractivity contribution in [2.45, 2.75) is 38.7 Å². The molecule has 0 aromatic heterocycles. The summed E-state index contributed by atoms with van der Waals surface area (Å²) in [5, 5.41) is 0. The van der Waals surface area contributed by atoms with E-state index < -0.39 is 0 Å². The minimum Gasteiger partial charge on any atom is -0.370 e. The van der Waals surface area contributed by atoms with Crippen molar-refractivity contribution >= 4 is 0 Å². The van der Waals surface area contributed by atoms with E-state index in [4.69, 9.17) is 4.74 Å². The van der Waals surface area contributed by atoms with Gasteiger partial charge in [-0.1, -0.05) is 31.9 Å². The molecule has 1 unspecified atom stereocenters. The van der Waals surface area contributed by atoms with Crippen molar-refractivity contribution in [1.29, 1.82) is 0 Å². The first-order valence-corrected chi connectivity index (χ1v) is 4.79. The third kappa shape index (κ3) is 2.82. The number of hydrogen-bond donors (Lipinski definition) is 0. The highest BCUT2D eigenvalue weighted by Gasteiger charge is 2.13. The quantitative estimate of drug-likeness (QED) is 0.570. The highest BCUT2D eigenvalue weighted by molar-refractivity contribution is 5.13. The molecule has 0 aromatic carbocycles. The van der Waals surface area contributed by atoms with E-state index in [1.54, 1.807) is 0 Å². The topological polar surface area (TPSA) is 9.23 Å². The maximum Gasteiger partial charge on any atom is 0.0763 e. The van der Waals surface area contributed by atoms with Crippen LogP contribution in [0.4, 0.5) is 0 Å². The van der Waals surface area contributed by atoms with Gasteiger partial charge < -0.3 is 4.74 Å². The normalized spacial score (nSPS) is 22.4. The molecule has 0 radical (unpaired) electrons. The lowest BCUT2D eigenvalue weighted by Gasteiger charge is -2.05. The standard InChI is InChI=1S/C11H18O/c1-3-5-7-11-8-10(6-4-2)9-12-11/h4,8,11H,2-3,5-7,9H2,1H3. The molecule has 1 atom stereocenters. The van der Waals surface area contributed by atoms with E-state index in [1.165, 1.54) is 24.8 Å². The van der Waals surface area contributed by atoms with E-state index in [1.807, 2.05) is 6.08 Å². The summed E-state index contributed by atoms with van der Waals surface area (Å²) in [5.41, 5.74) is 1.39. The van der Waals surface area contributed by atoms with Crippen LogP contribution in [0.2, 0.25) is 0 Å². The van der Waals surface area contributed by atoms with Gasteiger partial charge in [-0.2, -0.15) is 0 Å². The first-order valence-electron chi connectivity index (χ1n) is 4.79. The van der Waals surface area contributed by atoms with Crippen molar-refractivity contribution in [3.05, 3.63) is 24.3 Å². The summed E-state index contributed by atoms with van der Waals surface area (Å²) in [6, 6.07) is 0. The molecule has 1 heterocycles. The third-order valence-corrected chi connectivity index (χ3v) is 2.15. The molecule has 1 heteroatoms. The van der Waals surface area contributed by atoms with Gasteiger partial charge in [-0.3, -0.25) is 0 Å². The van der Waals surface area contributed by atoms with Crippen LogP contribution in [-0.4, -0.2) is 12.7 Å². The van der Waals surface area contributed by atoms with Crippen molar-refractivity contribution in [1.82, 2.24) is 0 Å². The smallest absolute Gasteiger partial charge is 0.0763 e. The van der Waals surface area contributed by atoms with Crippen molar-refractivity contribution in [3.8, 4) is 0 Å². The lowest BCUT2D eigenvalue weighted by molar-refractivity contribution is 0.116. The van der Waals surface area contributed by atoms with E-state index in [0.717, 1.165) is 13.0 Å². The average Bonchev–Trinajstić information content (AvgIpc) is 2.50. The molecule has 0 fully saturated rings. The number of ether oxygens (including phenoxy) is 1.